The highest BCUT2D eigenvalue weighted by Crippen LogP contribution is 2.41. The number of anilines is 2. The third kappa shape index (κ3) is 3.96. The number of alkyl halides is 6. The Balaban J connectivity index is 2.64. The van der Waals surface area contributed by atoms with Crippen LogP contribution >= 0.6 is 0 Å². The number of nitrogens with one attached hydrogen (secondary N) is 1. The zero-order valence-corrected chi connectivity index (χ0v) is 12.6. The van der Waals surface area contributed by atoms with E-state index in [2.05, 4.69) is 5.32 Å². The molecule has 9 heteroatoms. The Kier molecular flexibility index (Phi) is 4.83. The molecular formula is C16H10F6N2O. The van der Waals surface area contributed by atoms with E-state index < -0.39 is 29.2 Å². The van der Waals surface area contributed by atoms with Crippen LogP contribution in [0.1, 0.15) is 16.7 Å². The third-order valence-electron chi connectivity index (χ3n) is 3.28. The maximum absolute atomic E-state index is 13.1. The van der Waals surface area contributed by atoms with Crippen LogP contribution < -0.4 is 10.1 Å². The van der Waals surface area contributed by atoms with Crippen LogP contribution in [0.5, 0.6) is 5.75 Å². The van der Waals surface area contributed by atoms with Crippen LogP contribution in [0.15, 0.2) is 36.4 Å². The van der Waals surface area contributed by atoms with Crippen LogP contribution in [0.2, 0.25) is 0 Å². The second kappa shape index (κ2) is 6.55. The number of nitriles is 1. The predicted molar refractivity (Wildman–Crippen MR) is 77.4 cm³/mol. The molecular weight excluding hydrogens is 350 g/mol. The van der Waals surface area contributed by atoms with E-state index in [1.54, 1.807) is 6.07 Å². The number of ether oxygens (including phenoxy) is 1. The van der Waals surface area contributed by atoms with Crippen LogP contribution in [0.25, 0.3) is 0 Å². The number of hydrogen-bond donors (Lipinski definition) is 1. The number of hydrogen-bond acceptors (Lipinski definition) is 3. The van der Waals surface area contributed by atoms with Crippen LogP contribution in [0.3, 0.4) is 0 Å². The first-order chi connectivity index (χ1) is 11.6. The van der Waals surface area contributed by atoms with Gasteiger partial charge in [0.05, 0.1) is 35.2 Å². The van der Waals surface area contributed by atoms with Gasteiger partial charge in [0.1, 0.15) is 11.8 Å². The molecule has 132 valence electrons. The van der Waals surface area contributed by atoms with Crippen LogP contribution in [0, 0.1) is 11.3 Å². The maximum atomic E-state index is 13.1. The lowest BCUT2D eigenvalue weighted by atomic mass is 10.1. The SMILES string of the molecule is COc1cccc(C#N)c1Nc1cc(C(F)(F)F)ccc1C(F)(F)F. The first-order valence-corrected chi connectivity index (χ1v) is 6.70. The fourth-order valence-electron chi connectivity index (χ4n) is 2.13. The Morgan fingerprint density at radius 2 is 1.68 bits per heavy atom. The molecule has 0 atom stereocenters. The van der Waals surface area contributed by atoms with Gasteiger partial charge in [-0.3, -0.25) is 0 Å². The molecule has 0 saturated carbocycles. The topological polar surface area (TPSA) is 45.0 Å². The molecule has 0 aromatic heterocycles. The van der Waals surface area contributed by atoms with Crippen molar-refractivity contribution in [2.45, 2.75) is 12.4 Å². The van der Waals surface area contributed by atoms with E-state index in [4.69, 9.17) is 10.00 Å². The summed E-state index contributed by atoms with van der Waals surface area (Å²) in [5.74, 6) is 0.0181. The first kappa shape index (κ1) is 18.4. The molecule has 0 aliphatic carbocycles. The van der Waals surface area contributed by atoms with Crippen LogP contribution in [-0.4, -0.2) is 7.11 Å². The standard InChI is InChI=1S/C16H10F6N2O/c1-25-13-4-2-3-9(8-23)14(13)24-12-7-10(15(17,18)19)5-6-11(12)16(20,21)22/h2-7,24H,1H3. The Labute approximate surface area is 138 Å². The maximum Gasteiger partial charge on any atom is 0.418 e. The van der Waals surface area contributed by atoms with Crippen molar-refractivity contribution in [2.24, 2.45) is 0 Å². The average Bonchev–Trinajstić information content (AvgIpc) is 2.53. The summed E-state index contributed by atoms with van der Waals surface area (Å²) in [6.45, 7) is 0. The molecule has 0 bridgehead atoms. The zero-order chi connectivity index (χ0) is 18.8. The Morgan fingerprint density at radius 3 is 2.20 bits per heavy atom. The molecule has 0 unspecified atom stereocenters. The van der Waals surface area contributed by atoms with Crippen molar-refractivity contribution in [3.63, 3.8) is 0 Å². The monoisotopic (exact) mass is 360 g/mol. The highest BCUT2D eigenvalue weighted by atomic mass is 19.4. The van der Waals surface area contributed by atoms with Gasteiger partial charge >= 0.3 is 12.4 Å². The molecule has 2 aromatic rings. The minimum absolute atomic E-state index is 0.0181. The lowest BCUT2D eigenvalue weighted by Gasteiger charge is -2.19. The van der Waals surface area contributed by atoms with Crippen molar-refractivity contribution in [3.8, 4) is 11.8 Å². The van der Waals surface area contributed by atoms with E-state index >= 15 is 0 Å². The number of para-hydroxylation sites is 1. The van der Waals surface area contributed by atoms with E-state index in [1.807, 2.05) is 0 Å². The lowest BCUT2D eigenvalue weighted by molar-refractivity contribution is -0.140. The quantitative estimate of drug-likeness (QED) is 0.751. The molecule has 0 saturated heterocycles. The molecule has 1 N–H and O–H groups in total. The summed E-state index contributed by atoms with van der Waals surface area (Å²) >= 11 is 0. The lowest BCUT2D eigenvalue weighted by Crippen LogP contribution is -2.12. The number of methoxy groups -OCH3 is 1. The number of halogens is 6. The van der Waals surface area contributed by atoms with Crippen molar-refractivity contribution in [3.05, 3.63) is 53.1 Å². The van der Waals surface area contributed by atoms with Gasteiger partial charge in [0, 0.05) is 0 Å². The van der Waals surface area contributed by atoms with Crippen molar-refractivity contribution >= 4 is 11.4 Å². The molecule has 0 fully saturated rings. The summed E-state index contributed by atoms with van der Waals surface area (Å²) in [5, 5.41) is 11.3. The molecule has 0 heterocycles. The zero-order valence-electron chi connectivity index (χ0n) is 12.6. The Hall–Kier alpha value is -2.89. The van der Waals surface area contributed by atoms with Crippen LogP contribution in [-0.2, 0) is 12.4 Å². The first-order valence-electron chi connectivity index (χ1n) is 6.70. The molecule has 25 heavy (non-hydrogen) atoms. The van der Waals surface area contributed by atoms with Gasteiger partial charge in [0.2, 0.25) is 0 Å². The molecule has 2 rings (SSSR count). The van der Waals surface area contributed by atoms with Crippen molar-refractivity contribution in [1.82, 2.24) is 0 Å². The molecule has 0 aliphatic heterocycles. The van der Waals surface area contributed by atoms with E-state index in [-0.39, 0.29) is 17.0 Å². The molecule has 0 amide bonds. The highest BCUT2D eigenvalue weighted by Gasteiger charge is 2.37. The molecule has 0 radical (unpaired) electrons. The van der Waals surface area contributed by atoms with Crippen LogP contribution in [0.4, 0.5) is 37.7 Å². The normalized spacial score (nSPS) is 11.8. The second-order valence-electron chi connectivity index (χ2n) is 4.88. The van der Waals surface area contributed by atoms with Crippen molar-refractivity contribution in [1.29, 1.82) is 5.26 Å². The van der Waals surface area contributed by atoms with Gasteiger partial charge < -0.3 is 10.1 Å². The third-order valence-corrected chi connectivity index (χ3v) is 3.28. The smallest absolute Gasteiger partial charge is 0.418 e. The van der Waals surface area contributed by atoms with E-state index in [0.29, 0.717) is 18.2 Å². The van der Waals surface area contributed by atoms with E-state index in [1.165, 1.54) is 25.3 Å². The fourth-order valence-corrected chi connectivity index (χ4v) is 2.13. The van der Waals surface area contributed by atoms with Crippen molar-refractivity contribution in [2.75, 3.05) is 12.4 Å². The summed E-state index contributed by atoms with van der Waals surface area (Å²) < 4.78 is 82.9. The molecule has 3 nitrogen and oxygen atoms in total. The summed E-state index contributed by atoms with van der Waals surface area (Å²) in [4.78, 5) is 0. The summed E-state index contributed by atoms with van der Waals surface area (Å²) in [6, 6.07) is 6.87. The fraction of sp³-hybridized carbons (Fsp3) is 0.188. The number of benzene rings is 2. The second-order valence-corrected chi connectivity index (χ2v) is 4.88. The van der Waals surface area contributed by atoms with Gasteiger partial charge in [-0.2, -0.15) is 31.6 Å². The average molecular weight is 360 g/mol. The van der Waals surface area contributed by atoms with E-state index in [0.717, 1.165) is 0 Å². The molecule has 0 spiro atoms. The summed E-state index contributed by atoms with van der Waals surface area (Å²) in [6.07, 6.45) is -9.71. The molecule has 0 aliphatic rings. The predicted octanol–water partition coefficient (Wildman–Crippen LogP) is 5.35. The Bertz CT molecular complexity index is 821. The van der Waals surface area contributed by atoms with Gasteiger partial charge in [-0.05, 0) is 30.3 Å². The van der Waals surface area contributed by atoms with Gasteiger partial charge in [0.15, 0.2) is 0 Å². The largest absolute Gasteiger partial charge is 0.495 e. The van der Waals surface area contributed by atoms with Gasteiger partial charge in [-0.15, -0.1) is 0 Å². The van der Waals surface area contributed by atoms with Gasteiger partial charge in [-0.25, -0.2) is 0 Å². The number of rotatable bonds is 3. The van der Waals surface area contributed by atoms with E-state index in [9.17, 15) is 26.3 Å². The number of nitrogens with zero attached hydrogens (tertiary/aromatic N) is 1. The Morgan fingerprint density at radius 1 is 1.00 bits per heavy atom. The molecule has 2 aromatic carbocycles. The summed E-state index contributed by atoms with van der Waals surface area (Å²) in [5.41, 5.74) is -3.61. The summed E-state index contributed by atoms with van der Waals surface area (Å²) in [7, 11) is 1.22. The minimum Gasteiger partial charge on any atom is -0.495 e. The highest BCUT2D eigenvalue weighted by molar-refractivity contribution is 5.75. The van der Waals surface area contributed by atoms with Crippen molar-refractivity contribution < 1.29 is 31.1 Å². The van der Waals surface area contributed by atoms with Gasteiger partial charge in [0.25, 0.3) is 0 Å². The minimum atomic E-state index is -4.89. The van der Waals surface area contributed by atoms with Gasteiger partial charge in [-0.1, -0.05) is 6.07 Å².